The fraction of sp³-hybridized carbons (Fsp3) is 0.200. The van der Waals surface area contributed by atoms with E-state index < -0.39 is 5.97 Å². The van der Waals surface area contributed by atoms with E-state index in [1.165, 1.54) is 12.1 Å². The number of aromatic carboxylic acids is 1. The van der Waals surface area contributed by atoms with Gasteiger partial charge in [0, 0.05) is 7.05 Å². The zero-order valence-electron chi connectivity index (χ0n) is 8.07. The molecule has 1 aromatic rings. The molecule has 0 aliphatic heterocycles. The molecule has 0 atom stereocenters. The zero-order chi connectivity index (χ0) is 11.4. The van der Waals surface area contributed by atoms with Gasteiger partial charge in [-0.3, -0.25) is 0 Å². The maximum atomic E-state index is 10.7. The fourth-order valence-electron chi connectivity index (χ4n) is 1.02. The normalized spacial score (nSPS) is 9.40. The minimum atomic E-state index is -1.05. The largest absolute Gasteiger partial charge is 0.478 e. The minimum absolute atomic E-state index is 0.0915. The third kappa shape index (κ3) is 2.86. The molecule has 0 radical (unpaired) electrons. The van der Waals surface area contributed by atoms with Crippen molar-refractivity contribution in [2.45, 2.75) is 0 Å². The van der Waals surface area contributed by atoms with Crippen LogP contribution in [-0.2, 0) is 0 Å². The lowest BCUT2D eigenvalue weighted by Crippen LogP contribution is -2.19. The van der Waals surface area contributed by atoms with E-state index in [-0.39, 0.29) is 10.7 Å². The first-order chi connectivity index (χ1) is 7.04. The molecule has 5 heteroatoms. The standard InChI is InChI=1S/C10H9ClN2O2/c1-3-4-13(2)9-6-7(10(14)15)5-8(11)12-9/h1,5-6H,4H2,2H3,(H,14,15). The van der Waals surface area contributed by atoms with Crippen LogP contribution in [0.25, 0.3) is 0 Å². The summed E-state index contributed by atoms with van der Waals surface area (Å²) in [4.78, 5) is 16.3. The van der Waals surface area contributed by atoms with Crippen LogP contribution >= 0.6 is 11.6 Å². The summed E-state index contributed by atoms with van der Waals surface area (Å²) in [5.74, 6) is 1.83. The molecule has 0 aliphatic carbocycles. The molecule has 0 saturated heterocycles. The number of terminal acetylenes is 1. The predicted octanol–water partition coefficient (Wildman–Crippen LogP) is 1.50. The number of anilines is 1. The van der Waals surface area contributed by atoms with Crippen LogP contribution in [0, 0.1) is 12.3 Å². The van der Waals surface area contributed by atoms with Crippen molar-refractivity contribution in [2.24, 2.45) is 0 Å². The molecule has 1 aromatic heterocycles. The van der Waals surface area contributed by atoms with Gasteiger partial charge in [0.05, 0.1) is 12.1 Å². The quantitative estimate of drug-likeness (QED) is 0.625. The number of pyridine rings is 1. The highest BCUT2D eigenvalue weighted by molar-refractivity contribution is 6.29. The van der Waals surface area contributed by atoms with Gasteiger partial charge in [-0.15, -0.1) is 6.42 Å². The Balaban J connectivity index is 3.09. The number of halogens is 1. The van der Waals surface area contributed by atoms with E-state index >= 15 is 0 Å². The van der Waals surface area contributed by atoms with E-state index in [9.17, 15) is 4.79 Å². The van der Waals surface area contributed by atoms with E-state index in [4.69, 9.17) is 23.1 Å². The summed E-state index contributed by atoms with van der Waals surface area (Å²) in [5, 5.41) is 8.93. The van der Waals surface area contributed by atoms with Gasteiger partial charge in [-0.05, 0) is 12.1 Å². The van der Waals surface area contributed by atoms with E-state index in [1.807, 2.05) is 0 Å². The number of rotatable bonds is 3. The minimum Gasteiger partial charge on any atom is -0.478 e. The fourth-order valence-corrected chi connectivity index (χ4v) is 1.22. The highest BCUT2D eigenvalue weighted by Gasteiger charge is 2.09. The Morgan fingerprint density at radius 2 is 2.40 bits per heavy atom. The van der Waals surface area contributed by atoms with Crippen molar-refractivity contribution in [1.29, 1.82) is 0 Å². The zero-order valence-corrected chi connectivity index (χ0v) is 8.82. The van der Waals surface area contributed by atoms with E-state index in [2.05, 4.69) is 10.9 Å². The van der Waals surface area contributed by atoms with Crippen molar-refractivity contribution in [3.05, 3.63) is 22.8 Å². The topological polar surface area (TPSA) is 53.4 Å². The van der Waals surface area contributed by atoms with Crippen LogP contribution in [0.4, 0.5) is 5.82 Å². The first kappa shape index (κ1) is 11.3. The van der Waals surface area contributed by atoms with Gasteiger partial charge in [0.15, 0.2) is 0 Å². The molecule has 0 fully saturated rings. The molecule has 1 N–H and O–H groups in total. The average Bonchev–Trinajstić information content (AvgIpc) is 2.17. The summed E-state index contributed by atoms with van der Waals surface area (Å²) < 4.78 is 0. The first-order valence-electron chi connectivity index (χ1n) is 4.10. The van der Waals surface area contributed by atoms with Gasteiger partial charge >= 0.3 is 5.97 Å². The van der Waals surface area contributed by atoms with Crippen molar-refractivity contribution in [3.63, 3.8) is 0 Å². The second-order valence-corrected chi connectivity index (χ2v) is 3.29. The molecule has 15 heavy (non-hydrogen) atoms. The molecule has 0 bridgehead atoms. The van der Waals surface area contributed by atoms with Crippen LogP contribution in [0.5, 0.6) is 0 Å². The summed E-state index contributed by atoms with van der Waals surface area (Å²) >= 11 is 5.69. The summed E-state index contributed by atoms with van der Waals surface area (Å²) in [6, 6.07) is 2.71. The molecular formula is C10H9ClN2O2. The summed E-state index contributed by atoms with van der Waals surface area (Å²) in [7, 11) is 1.71. The van der Waals surface area contributed by atoms with Crippen molar-refractivity contribution in [3.8, 4) is 12.3 Å². The molecule has 0 spiro atoms. The number of carboxylic acids is 1. The molecular weight excluding hydrogens is 216 g/mol. The van der Waals surface area contributed by atoms with E-state index in [0.29, 0.717) is 12.4 Å². The van der Waals surface area contributed by atoms with Crippen LogP contribution in [0.2, 0.25) is 5.15 Å². The Bertz CT molecular complexity index is 426. The van der Waals surface area contributed by atoms with Crippen molar-refractivity contribution < 1.29 is 9.90 Å². The molecule has 0 aliphatic rings. The molecule has 0 saturated carbocycles. The number of aromatic nitrogens is 1. The molecule has 1 heterocycles. The van der Waals surface area contributed by atoms with Crippen molar-refractivity contribution in [1.82, 2.24) is 4.98 Å². The van der Waals surface area contributed by atoms with Gasteiger partial charge in [0.25, 0.3) is 0 Å². The van der Waals surface area contributed by atoms with Gasteiger partial charge in [0.2, 0.25) is 0 Å². The smallest absolute Gasteiger partial charge is 0.335 e. The van der Waals surface area contributed by atoms with Crippen LogP contribution < -0.4 is 4.90 Å². The summed E-state index contributed by atoms with van der Waals surface area (Å²) in [5.41, 5.74) is 0.0915. The number of nitrogens with zero attached hydrogens (tertiary/aromatic N) is 2. The maximum Gasteiger partial charge on any atom is 0.335 e. The van der Waals surface area contributed by atoms with Crippen LogP contribution in [0.1, 0.15) is 10.4 Å². The van der Waals surface area contributed by atoms with Crippen LogP contribution in [0.15, 0.2) is 12.1 Å². The van der Waals surface area contributed by atoms with Gasteiger partial charge < -0.3 is 10.0 Å². The van der Waals surface area contributed by atoms with E-state index in [1.54, 1.807) is 11.9 Å². The molecule has 0 unspecified atom stereocenters. The lowest BCUT2D eigenvalue weighted by atomic mass is 10.2. The molecule has 78 valence electrons. The summed E-state index contributed by atoms with van der Waals surface area (Å²) in [6.45, 7) is 0.340. The van der Waals surface area contributed by atoms with Crippen LogP contribution in [0.3, 0.4) is 0 Å². The number of carboxylic acid groups (broad SMARTS) is 1. The Labute approximate surface area is 92.5 Å². The Kier molecular flexibility index (Phi) is 3.53. The average molecular weight is 225 g/mol. The number of hydrogen-bond acceptors (Lipinski definition) is 3. The summed E-state index contributed by atoms with van der Waals surface area (Å²) in [6.07, 6.45) is 5.13. The van der Waals surface area contributed by atoms with Gasteiger partial charge in [-0.25, -0.2) is 9.78 Å². The number of hydrogen-bond donors (Lipinski definition) is 1. The molecule has 0 aromatic carbocycles. The Hall–Kier alpha value is -1.73. The van der Waals surface area contributed by atoms with Gasteiger partial charge in [-0.2, -0.15) is 0 Å². The highest BCUT2D eigenvalue weighted by Crippen LogP contribution is 2.16. The van der Waals surface area contributed by atoms with Gasteiger partial charge in [0.1, 0.15) is 11.0 Å². The molecule has 0 amide bonds. The second kappa shape index (κ2) is 4.67. The lowest BCUT2D eigenvalue weighted by Gasteiger charge is -2.15. The van der Waals surface area contributed by atoms with Crippen molar-refractivity contribution in [2.75, 3.05) is 18.5 Å². The number of carbonyl (C=O) groups is 1. The molecule has 1 rings (SSSR count). The third-order valence-corrected chi connectivity index (χ3v) is 1.94. The third-order valence-electron chi connectivity index (χ3n) is 1.75. The maximum absolute atomic E-state index is 10.7. The Morgan fingerprint density at radius 3 is 2.93 bits per heavy atom. The van der Waals surface area contributed by atoms with E-state index in [0.717, 1.165) is 0 Å². The second-order valence-electron chi connectivity index (χ2n) is 2.90. The first-order valence-corrected chi connectivity index (χ1v) is 4.48. The lowest BCUT2D eigenvalue weighted by molar-refractivity contribution is 0.0697. The van der Waals surface area contributed by atoms with Crippen molar-refractivity contribution >= 4 is 23.4 Å². The monoisotopic (exact) mass is 224 g/mol. The SMILES string of the molecule is C#CCN(C)c1cc(C(=O)O)cc(Cl)n1. The van der Waals surface area contributed by atoms with Gasteiger partial charge in [-0.1, -0.05) is 17.5 Å². The van der Waals surface area contributed by atoms with Crippen LogP contribution in [-0.4, -0.2) is 29.7 Å². The molecule has 4 nitrogen and oxygen atoms in total. The Morgan fingerprint density at radius 1 is 1.73 bits per heavy atom. The predicted molar refractivity (Wildman–Crippen MR) is 58.3 cm³/mol. The highest BCUT2D eigenvalue weighted by atomic mass is 35.5.